The van der Waals surface area contributed by atoms with E-state index in [-0.39, 0.29) is 18.4 Å². The molecule has 0 aliphatic heterocycles. The lowest BCUT2D eigenvalue weighted by Gasteiger charge is -2.07. The van der Waals surface area contributed by atoms with E-state index in [0.29, 0.717) is 5.56 Å². The predicted molar refractivity (Wildman–Crippen MR) is 70.7 cm³/mol. The van der Waals surface area contributed by atoms with Gasteiger partial charge in [-0.1, -0.05) is 11.8 Å². The number of nitro groups is 1. The van der Waals surface area contributed by atoms with Crippen LogP contribution in [0.3, 0.4) is 0 Å². The van der Waals surface area contributed by atoms with Gasteiger partial charge < -0.3 is 4.74 Å². The van der Waals surface area contributed by atoms with Crippen LogP contribution < -0.4 is 5.48 Å². The van der Waals surface area contributed by atoms with Gasteiger partial charge in [-0.15, -0.1) is 0 Å². The minimum absolute atomic E-state index is 0.00453. The summed E-state index contributed by atoms with van der Waals surface area (Å²) < 4.78 is 4.76. The van der Waals surface area contributed by atoms with Crippen LogP contribution in [-0.4, -0.2) is 23.7 Å². The molecule has 0 aliphatic carbocycles. The third-order valence-corrected chi connectivity index (χ3v) is 1.95. The Morgan fingerprint density at radius 3 is 2.60 bits per heavy atom. The Morgan fingerprint density at radius 1 is 1.40 bits per heavy atom. The largest absolute Gasteiger partial charge is 0.445 e. The molecule has 0 saturated heterocycles. The van der Waals surface area contributed by atoms with Crippen molar-refractivity contribution in [3.8, 4) is 11.8 Å². The molecule has 0 fully saturated rings. The number of carbonyl (C=O) groups is 1. The van der Waals surface area contributed by atoms with Crippen LogP contribution in [0.15, 0.2) is 24.3 Å². The normalized spacial score (nSPS) is 9.55. The quantitative estimate of drug-likeness (QED) is 0.394. The number of nitrogens with zero attached hydrogens (tertiary/aromatic N) is 1. The SMILES string of the molecule is CC(C)OC(=O)NOCC#Cc1ccc([N+](=O)[O-])cc1. The van der Waals surface area contributed by atoms with Crippen molar-refractivity contribution in [2.45, 2.75) is 20.0 Å². The molecule has 0 heterocycles. The maximum atomic E-state index is 11.0. The van der Waals surface area contributed by atoms with Gasteiger partial charge in [0.25, 0.3) is 5.69 Å². The summed E-state index contributed by atoms with van der Waals surface area (Å²) in [4.78, 5) is 25.8. The summed E-state index contributed by atoms with van der Waals surface area (Å²) in [7, 11) is 0. The molecule has 0 spiro atoms. The lowest BCUT2D eigenvalue weighted by atomic mass is 10.2. The zero-order chi connectivity index (χ0) is 15.0. The monoisotopic (exact) mass is 278 g/mol. The summed E-state index contributed by atoms with van der Waals surface area (Å²) in [6.07, 6.45) is -0.915. The number of benzene rings is 1. The topological polar surface area (TPSA) is 90.7 Å². The third-order valence-electron chi connectivity index (χ3n) is 1.95. The molecule has 1 rings (SSSR count). The van der Waals surface area contributed by atoms with Gasteiger partial charge in [0, 0.05) is 17.7 Å². The molecule has 0 aromatic heterocycles. The molecule has 7 nitrogen and oxygen atoms in total. The molecule has 1 aromatic carbocycles. The van der Waals surface area contributed by atoms with Crippen molar-refractivity contribution in [3.63, 3.8) is 0 Å². The van der Waals surface area contributed by atoms with E-state index in [9.17, 15) is 14.9 Å². The fraction of sp³-hybridized carbons (Fsp3) is 0.308. The minimum Gasteiger partial charge on any atom is -0.445 e. The van der Waals surface area contributed by atoms with Crippen LogP contribution in [0.2, 0.25) is 0 Å². The minimum atomic E-state index is -0.683. The van der Waals surface area contributed by atoms with Crippen LogP contribution in [-0.2, 0) is 9.57 Å². The van der Waals surface area contributed by atoms with E-state index in [1.54, 1.807) is 13.8 Å². The summed E-state index contributed by atoms with van der Waals surface area (Å²) in [6, 6.07) is 5.80. The van der Waals surface area contributed by atoms with Crippen LogP contribution in [0.25, 0.3) is 0 Å². The number of nitro benzene ring substituents is 1. The van der Waals surface area contributed by atoms with Gasteiger partial charge in [-0.05, 0) is 26.0 Å². The van der Waals surface area contributed by atoms with E-state index in [2.05, 4.69) is 17.3 Å². The van der Waals surface area contributed by atoms with E-state index in [4.69, 9.17) is 9.57 Å². The second-order valence-corrected chi connectivity index (χ2v) is 3.95. The van der Waals surface area contributed by atoms with Crippen molar-refractivity contribution in [2.75, 3.05) is 6.61 Å². The molecular weight excluding hydrogens is 264 g/mol. The van der Waals surface area contributed by atoms with Gasteiger partial charge in [0.1, 0.15) is 6.61 Å². The number of nitrogens with one attached hydrogen (secondary N) is 1. The van der Waals surface area contributed by atoms with Crippen LogP contribution in [0.1, 0.15) is 19.4 Å². The number of amides is 1. The highest BCUT2D eigenvalue weighted by Gasteiger charge is 2.03. The molecule has 0 unspecified atom stereocenters. The highest BCUT2D eigenvalue weighted by atomic mass is 16.7. The molecule has 1 amide bonds. The number of hydrogen-bond donors (Lipinski definition) is 1. The molecule has 20 heavy (non-hydrogen) atoms. The predicted octanol–water partition coefficient (Wildman–Crippen LogP) is 2.01. The van der Waals surface area contributed by atoms with Crippen molar-refractivity contribution >= 4 is 11.8 Å². The summed E-state index contributed by atoms with van der Waals surface area (Å²) in [5, 5.41) is 10.4. The first-order valence-electron chi connectivity index (χ1n) is 5.81. The van der Waals surface area contributed by atoms with Crippen LogP contribution in [0.4, 0.5) is 10.5 Å². The summed E-state index contributed by atoms with van der Waals surface area (Å²) in [6.45, 7) is 3.41. The molecule has 0 radical (unpaired) electrons. The second-order valence-electron chi connectivity index (χ2n) is 3.95. The molecule has 0 atom stereocenters. The highest BCUT2D eigenvalue weighted by molar-refractivity contribution is 5.65. The second kappa shape index (κ2) is 7.76. The first-order chi connectivity index (χ1) is 9.49. The molecule has 0 saturated carbocycles. The fourth-order valence-electron chi connectivity index (χ4n) is 1.17. The Morgan fingerprint density at radius 2 is 2.05 bits per heavy atom. The van der Waals surface area contributed by atoms with Gasteiger partial charge in [0.2, 0.25) is 0 Å². The van der Waals surface area contributed by atoms with E-state index >= 15 is 0 Å². The molecule has 1 N–H and O–H groups in total. The number of hydrogen-bond acceptors (Lipinski definition) is 5. The molecule has 7 heteroatoms. The van der Waals surface area contributed by atoms with Crippen LogP contribution >= 0.6 is 0 Å². The molecule has 1 aromatic rings. The first-order valence-corrected chi connectivity index (χ1v) is 5.81. The van der Waals surface area contributed by atoms with Gasteiger partial charge >= 0.3 is 6.09 Å². The molecule has 106 valence electrons. The maximum Gasteiger partial charge on any atom is 0.431 e. The van der Waals surface area contributed by atoms with Crippen molar-refractivity contribution < 1.29 is 19.3 Å². The van der Waals surface area contributed by atoms with E-state index < -0.39 is 11.0 Å². The van der Waals surface area contributed by atoms with Gasteiger partial charge in [0.15, 0.2) is 0 Å². The summed E-state index contributed by atoms with van der Waals surface area (Å²) in [5.41, 5.74) is 2.69. The van der Waals surface area contributed by atoms with Crippen molar-refractivity contribution in [1.29, 1.82) is 0 Å². The van der Waals surface area contributed by atoms with Gasteiger partial charge in [0.05, 0.1) is 11.0 Å². The highest BCUT2D eigenvalue weighted by Crippen LogP contribution is 2.10. The first kappa shape index (κ1) is 15.5. The zero-order valence-electron chi connectivity index (χ0n) is 11.1. The van der Waals surface area contributed by atoms with Crippen LogP contribution in [0.5, 0.6) is 0 Å². The summed E-state index contributed by atoms with van der Waals surface area (Å²) in [5.74, 6) is 5.38. The van der Waals surface area contributed by atoms with E-state index in [1.807, 2.05) is 0 Å². The van der Waals surface area contributed by atoms with Crippen molar-refractivity contribution in [1.82, 2.24) is 5.48 Å². The maximum absolute atomic E-state index is 11.0. The summed E-state index contributed by atoms with van der Waals surface area (Å²) >= 11 is 0. The number of ether oxygens (including phenoxy) is 1. The van der Waals surface area contributed by atoms with Crippen molar-refractivity contribution in [2.24, 2.45) is 0 Å². The Kier molecular flexibility index (Phi) is 6.00. The number of hydroxylamine groups is 1. The Balaban J connectivity index is 2.35. The zero-order valence-corrected chi connectivity index (χ0v) is 11.1. The van der Waals surface area contributed by atoms with Gasteiger partial charge in [-0.3, -0.25) is 15.0 Å². The fourth-order valence-corrected chi connectivity index (χ4v) is 1.17. The lowest BCUT2D eigenvalue weighted by Crippen LogP contribution is -2.27. The standard InChI is InChI=1S/C13H14N2O5/c1-10(2)20-13(16)14-19-9-3-4-11-5-7-12(8-6-11)15(17)18/h5-8,10H,9H2,1-2H3,(H,14,16). The number of non-ortho nitro benzene ring substituents is 1. The smallest absolute Gasteiger partial charge is 0.431 e. The van der Waals surface area contributed by atoms with Crippen LogP contribution in [0, 0.1) is 22.0 Å². The van der Waals surface area contributed by atoms with Gasteiger partial charge in [-0.25, -0.2) is 4.79 Å². The average Bonchev–Trinajstić information content (AvgIpc) is 2.38. The molecular formula is C13H14N2O5. The van der Waals surface area contributed by atoms with Crippen molar-refractivity contribution in [3.05, 3.63) is 39.9 Å². The number of carbonyl (C=O) groups excluding carboxylic acids is 1. The lowest BCUT2D eigenvalue weighted by molar-refractivity contribution is -0.384. The number of rotatable bonds is 4. The Bertz CT molecular complexity index is 528. The molecule has 0 aliphatic rings. The van der Waals surface area contributed by atoms with E-state index in [0.717, 1.165) is 0 Å². The Labute approximate surface area is 116 Å². The average molecular weight is 278 g/mol. The Hall–Kier alpha value is -2.59. The third kappa shape index (κ3) is 5.84. The van der Waals surface area contributed by atoms with E-state index in [1.165, 1.54) is 24.3 Å². The molecule has 0 bridgehead atoms. The van der Waals surface area contributed by atoms with Gasteiger partial charge in [-0.2, -0.15) is 5.48 Å².